The van der Waals surface area contributed by atoms with Crippen LogP contribution in [-0.4, -0.2) is 49.1 Å². The fourth-order valence-electron chi connectivity index (χ4n) is 7.59. The molecule has 11 heteroatoms. The molecule has 0 amide bonds. The van der Waals surface area contributed by atoms with Crippen LogP contribution in [0.15, 0.2) is 127 Å². The molecule has 0 radical (unpaired) electrons. The van der Waals surface area contributed by atoms with E-state index in [1.807, 2.05) is 60.7 Å². The molecule has 75 heavy (non-hydrogen) atoms. The smallest absolute Gasteiger partial charge is 0.496 e. The number of benzene rings is 6. The molecule has 0 heterocycles. The maximum atomic E-state index is 6.61. The fraction of sp³-hybridized carbons (Fsp3) is 0.422. The molecular formula is C64H88ClLiO7P2. The molecule has 0 aliphatic heterocycles. The van der Waals surface area contributed by atoms with Crippen LogP contribution in [-0.2, 0) is 31.1 Å². The first kappa shape index (κ1) is 67.1. The normalized spacial score (nSPS) is 11.8. The number of halogens is 1. The van der Waals surface area contributed by atoms with E-state index in [2.05, 4.69) is 171 Å². The second-order valence-corrected chi connectivity index (χ2v) is 26.6. The summed E-state index contributed by atoms with van der Waals surface area (Å²) in [6.45, 7) is 35.0. The van der Waals surface area contributed by atoms with Crippen LogP contribution >= 0.6 is 26.4 Å². The van der Waals surface area contributed by atoms with Gasteiger partial charge in [-0.25, -0.2) is 0 Å². The SMILES string of the molecule is COCOc1c(P(c2ccccc2OC)c2ccccc2OC)cc(C(C)(C)C)cc1C(C)(C)C.COCOc1ccc(C(C)(C)C)cc1C(C)(C)C.COc1ccccc1P(Cl)c1ccccc1C.[CH2-]CCC.[Li+]. The molecule has 6 aromatic rings. The Bertz CT molecular complexity index is 2580. The first-order valence-electron chi connectivity index (χ1n) is 25.4. The Morgan fingerprint density at radius 2 is 0.853 bits per heavy atom. The average molecular weight is 1070 g/mol. The molecule has 6 aromatic carbocycles. The third kappa shape index (κ3) is 19.7. The van der Waals surface area contributed by atoms with Crippen LogP contribution in [0.1, 0.15) is 131 Å². The summed E-state index contributed by atoms with van der Waals surface area (Å²) in [4.78, 5) is 0. The number of aryl methyl sites for hydroxylation is 1. The van der Waals surface area contributed by atoms with Gasteiger partial charge in [0.1, 0.15) is 28.7 Å². The molecule has 7 nitrogen and oxygen atoms in total. The Balaban J connectivity index is 0.000000404. The topological polar surface area (TPSA) is 64.6 Å². The zero-order valence-corrected chi connectivity index (χ0v) is 51.8. The quantitative estimate of drug-likeness (QED) is 0.0439. The molecule has 1 atom stereocenters. The number of hydrogen-bond donors (Lipinski definition) is 0. The van der Waals surface area contributed by atoms with Gasteiger partial charge in [-0.05, 0) is 100 Å². The van der Waals surface area contributed by atoms with Crippen LogP contribution in [0.25, 0.3) is 0 Å². The van der Waals surface area contributed by atoms with Crippen LogP contribution in [0.3, 0.4) is 0 Å². The molecule has 404 valence electrons. The predicted molar refractivity (Wildman–Crippen MR) is 321 cm³/mol. The van der Waals surface area contributed by atoms with Crippen LogP contribution in [0.2, 0.25) is 0 Å². The monoisotopic (exact) mass is 1070 g/mol. The number of rotatable bonds is 15. The molecule has 0 aliphatic carbocycles. The number of hydrogen-bond acceptors (Lipinski definition) is 7. The summed E-state index contributed by atoms with van der Waals surface area (Å²) in [5.74, 6) is 4.34. The van der Waals surface area contributed by atoms with Crippen molar-refractivity contribution in [3.63, 3.8) is 0 Å². The van der Waals surface area contributed by atoms with Gasteiger partial charge in [-0.15, -0.1) is 0 Å². The first-order valence-corrected chi connectivity index (χ1v) is 29.0. The van der Waals surface area contributed by atoms with Gasteiger partial charge in [-0.3, -0.25) is 0 Å². The second-order valence-electron chi connectivity index (χ2n) is 22.0. The van der Waals surface area contributed by atoms with Gasteiger partial charge in [0.05, 0.1) is 28.6 Å². The standard InChI is InChI=1S/C30H39O4P.C16H26O2.C14H14ClOP.C4H9.Li/c1-29(2,3)21-18-22(30(4,5)6)28(34-20-31-7)27(19-21)35(25-16-12-10-14-23(25)32-8)26-17-13-11-15-24(26)33-9;1-15(2,3)12-8-9-14(18-11-17-7)13(10-12)16(4,5)6;1-11-7-3-5-9-13(11)17(15)14-10-6-4-8-12(14)16-2;1-3-4-2;/h10-19H,20H2,1-9H3;8-10H,11H2,1-7H3;3-10H,1-2H3;1,3-4H2,2H3;/q;;;-1;+1. The van der Waals surface area contributed by atoms with Crippen molar-refractivity contribution in [1.82, 2.24) is 0 Å². The van der Waals surface area contributed by atoms with E-state index in [1.165, 1.54) is 34.0 Å². The molecule has 0 aliphatic rings. The number of ether oxygens (including phenoxy) is 7. The largest absolute Gasteiger partial charge is 1.00 e. The van der Waals surface area contributed by atoms with Gasteiger partial charge in [0.15, 0.2) is 13.6 Å². The Hall–Kier alpha value is -4.01. The molecular weight excluding hydrogens is 985 g/mol. The van der Waals surface area contributed by atoms with Crippen molar-refractivity contribution >= 4 is 53.0 Å². The summed E-state index contributed by atoms with van der Waals surface area (Å²) in [6, 6.07) is 43.7. The van der Waals surface area contributed by atoms with E-state index in [9.17, 15) is 0 Å². The summed E-state index contributed by atoms with van der Waals surface area (Å²) in [7, 11) is 6.46. The third-order valence-electron chi connectivity index (χ3n) is 11.9. The zero-order chi connectivity index (χ0) is 55.4. The first-order chi connectivity index (χ1) is 34.8. The summed E-state index contributed by atoms with van der Waals surface area (Å²) in [5.41, 5.74) is 6.24. The fourth-order valence-corrected chi connectivity index (χ4v) is 12.7. The molecule has 0 aromatic heterocycles. The summed E-state index contributed by atoms with van der Waals surface area (Å²) < 4.78 is 39.5. The van der Waals surface area contributed by atoms with E-state index >= 15 is 0 Å². The van der Waals surface area contributed by atoms with Crippen LogP contribution < -0.4 is 69.1 Å². The van der Waals surface area contributed by atoms with Crippen LogP contribution in [0, 0.1) is 13.8 Å². The minimum Gasteiger partial charge on any atom is -0.496 e. The van der Waals surface area contributed by atoms with E-state index in [0.29, 0.717) is 0 Å². The molecule has 0 spiro atoms. The summed E-state index contributed by atoms with van der Waals surface area (Å²) in [5, 5.41) is 5.61. The van der Waals surface area contributed by atoms with Crippen molar-refractivity contribution in [3.05, 3.63) is 162 Å². The molecule has 6 rings (SSSR count). The predicted octanol–water partition coefficient (Wildman–Crippen LogP) is 12.5. The van der Waals surface area contributed by atoms with E-state index < -0.39 is 15.2 Å². The Labute approximate surface area is 473 Å². The maximum Gasteiger partial charge on any atom is 1.00 e. The molecule has 1 unspecified atom stereocenters. The van der Waals surface area contributed by atoms with Gasteiger partial charge in [-0.1, -0.05) is 199 Å². The number of unbranched alkanes of at least 4 members (excludes halogenated alkanes) is 1. The number of para-hydroxylation sites is 3. The minimum absolute atomic E-state index is 0. The van der Waals surface area contributed by atoms with Gasteiger partial charge < -0.3 is 40.1 Å². The minimum atomic E-state index is -1.09. The molecule has 0 saturated heterocycles. The van der Waals surface area contributed by atoms with Crippen molar-refractivity contribution in [3.8, 4) is 28.7 Å². The van der Waals surface area contributed by atoms with E-state index in [1.54, 1.807) is 35.5 Å². The molecule has 0 fully saturated rings. The van der Waals surface area contributed by atoms with E-state index in [-0.39, 0.29) is 54.1 Å². The van der Waals surface area contributed by atoms with Gasteiger partial charge >= 0.3 is 18.9 Å². The average Bonchev–Trinajstić information content (AvgIpc) is 3.37. The van der Waals surface area contributed by atoms with Gasteiger partial charge in [-0.2, -0.15) is 6.42 Å². The molecule has 0 bridgehead atoms. The zero-order valence-electron chi connectivity index (χ0n) is 49.3. The Morgan fingerprint density at radius 1 is 0.453 bits per heavy atom. The van der Waals surface area contributed by atoms with E-state index in [4.69, 9.17) is 44.4 Å². The molecule has 0 saturated carbocycles. The summed E-state index contributed by atoms with van der Waals surface area (Å²) >= 11 is 6.61. The Kier molecular flexibility index (Phi) is 28.1. The van der Waals surface area contributed by atoms with Crippen molar-refractivity contribution in [2.24, 2.45) is 0 Å². The van der Waals surface area contributed by atoms with Crippen molar-refractivity contribution in [2.45, 2.75) is 131 Å². The number of methoxy groups -OCH3 is 5. The van der Waals surface area contributed by atoms with Gasteiger partial charge in [0, 0.05) is 41.0 Å². The van der Waals surface area contributed by atoms with Crippen molar-refractivity contribution < 1.29 is 52.0 Å². The van der Waals surface area contributed by atoms with E-state index in [0.717, 1.165) is 61.9 Å². The van der Waals surface area contributed by atoms with Crippen LogP contribution in [0.4, 0.5) is 0 Å². The van der Waals surface area contributed by atoms with Gasteiger partial charge in [0.2, 0.25) is 0 Å². The van der Waals surface area contributed by atoms with Gasteiger partial charge in [0.25, 0.3) is 0 Å². The second kappa shape index (κ2) is 31.4. The maximum absolute atomic E-state index is 6.61. The van der Waals surface area contributed by atoms with Crippen molar-refractivity contribution in [2.75, 3.05) is 49.1 Å². The van der Waals surface area contributed by atoms with Crippen molar-refractivity contribution in [1.29, 1.82) is 0 Å². The Morgan fingerprint density at radius 3 is 1.27 bits per heavy atom. The van der Waals surface area contributed by atoms with Crippen LogP contribution in [0.5, 0.6) is 28.7 Å². The third-order valence-corrected chi connectivity index (χ3v) is 17.2. The summed E-state index contributed by atoms with van der Waals surface area (Å²) in [6.07, 6.45) is 2.28. The molecule has 0 N–H and O–H groups in total.